The van der Waals surface area contributed by atoms with Crippen LogP contribution in [0.25, 0.3) is 0 Å². The van der Waals surface area contributed by atoms with Crippen LogP contribution in [-0.4, -0.2) is 39.7 Å². The lowest BCUT2D eigenvalue weighted by Gasteiger charge is -2.33. The maximum Gasteiger partial charge on any atom is 0.410 e. The lowest BCUT2D eigenvalue weighted by molar-refractivity contribution is 0.0204. The van der Waals surface area contributed by atoms with Crippen LogP contribution < -0.4 is 0 Å². The lowest BCUT2D eigenvalue weighted by Crippen LogP contribution is -2.41. The number of hydrogen-bond donors (Lipinski definition) is 0. The Labute approximate surface area is 143 Å². The summed E-state index contributed by atoms with van der Waals surface area (Å²) in [5.74, 6) is 1.34. The fourth-order valence-corrected chi connectivity index (χ4v) is 2.80. The molecule has 1 aliphatic rings. The van der Waals surface area contributed by atoms with Crippen molar-refractivity contribution < 1.29 is 9.53 Å². The molecule has 0 aromatic carbocycles. The van der Waals surface area contributed by atoms with E-state index in [9.17, 15) is 4.79 Å². The van der Waals surface area contributed by atoms with Gasteiger partial charge in [-0.25, -0.2) is 14.8 Å². The Bertz CT molecular complexity index is 561. The number of carbonyl (C=O) groups is 1. The van der Waals surface area contributed by atoms with Crippen molar-refractivity contribution in [2.24, 2.45) is 0 Å². The van der Waals surface area contributed by atoms with Gasteiger partial charge in [0.05, 0.1) is 0 Å². The number of likely N-dealkylation sites (tertiary alicyclic amines) is 1. The van der Waals surface area contributed by atoms with Crippen LogP contribution in [0.4, 0.5) is 4.79 Å². The molecule has 2 heterocycles. The number of piperidine rings is 1. The second-order valence-electron chi connectivity index (χ2n) is 7.37. The van der Waals surface area contributed by atoms with E-state index in [4.69, 9.17) is 16.3 Å². The van der Waals surface area contributed by atoms with E-state index in [0.717, 1.165) is 24.4 Å². The first-order chi connectivity index (χ1) is 10.7. The van der Waals surface area contributed by atoms with Crippen LogP contribution >= 0.6 is 11.6 Å². The number of nitrogens with zero attached hydrogens (tertiary/aromatic N) is 3. The molecule has 1 aliphatic heterocycles. The summed E-state index contributed by atoms with van der Waals surface area (Å²) >= 11 is 6.13. The van der Waals surface area contributed by atoms with Crippen molar-refractivity contribution in [3.05, 3.63) is 22.7 Å². The van der Waals surface area contributed by atoms with E-state index in [2.05, 4.69) is 23.8 Å². The Morgan fingerprint density at radius 1 is 1.30 bits per heavy atom. The predicted molar refractivity (Wildman–Crippen MR) is 90.9 cm³/mol. The molecule has 0 radical (unpaired) electrons. The van der Waals surface area contributed by atoms with Crippen LogP contribution in [-0.2, 0) is 4.74 Å². The van der Waals surface area contributed by atoms with Crippen LogP contribution in [0.2, 0.25) is 5.15 Å². The number of ether oxygens (including phenoxy) is 1. The van der Waals surface area contributed by atoms with Gasteiger partial charge in [-0.05, 0) is 39.7 Å². The minimum Gasteiger partial charge on any atom is -0.444 e. The van der Waals surface area contributed by atoms with Gasteiger partial charge in [-0.15, -0.1) is 0 Å². The van der Waals surface area contributed by atoms with E-state index < -0.39 is 5.60 Å². The average Bonchev–Trinajstić information content (AvgIpc) is 2.45. The summed E-state index contributed by atoms with van der Waals surface area (Å²) in [7, 11) is 0. The fourth-order valence-electron chi connectivity index (χ4n) is 2.60. The molecule has 0 aliphatic carbocycles. The summed E-state index contributed by atoms with van der Waals surface area (Å²) in [6.07, 6.45) is 1.49. The zero-order valence-electron chi connectivity index (χ0n) is 14.6. The number of carbonyl (C=O) groups excluding carboxylic acids is 1. The van der Waals surface area contributed by atoms with Gasteiger partial charge in [0.15, 0.2) is 0 Å². The van der Waals surface area contributed by atoms with E-state index in [1.54, 1.807) is 4.90 Å². The van der Waals surface area contributed by atoms with Gasteiger partial charge in [0.25, 0.3) is 0 Å². The molecule has 128 valence electrons. The Kier molecular flexibility index (Phi) is 5.50. The lowest BCUT2D eigenvalue weighted by atomic mass is 9.93. The molecule has 0 atom stereocenters. The zero-order chi connectivity index (χ0) is 17.2. The molecule has 23 heavy (non-hydrogen) atoms. The summed E-state index contributed by atoms with van der Waals surface area (Å²) in [5.41, 5.74) is 0.526. The SMILES string of the molecule is CC(C)c1nc(Cl)cc(C2CCN(C(=O)OC(C)(C)C)CC2)n1. The molecule has 0 spiro atoms. The fraction of sp³-hybridized carbons (Fsp3) is 0.706. The maximum absolute atomic E-state index is 12.1. The monoisotopic (exact) mass is 339 g/mol. The molecule has 1 amide bonds. The van der Waals surface area contributed by atoms with Gasteiger partial charge >= 0.3 is 6.09 Å². The highest BCUT2D eigenvalue weighted by Gasteiger charge is 2.28. The third kappa shape index (κ3) is 5.06. The summed E-state index contributed by atoms with van der Waals surface area (Å²) < 4.78 is 5.43. The molecule has 1 fully saturated rings. The minimum atomic E-state index is -0.458. The molecule has 1 aromatic heterocycles. The standard InChI is InChI=1S/C17H26ClN3O2/c1-11(2)15-19-13(10-14(18)20-15)12-6-8-21(9-7-12)16(22)23-17(3,4)5/h10-12H,6-9H2,1-5H3. The molecule has 1 aromatic rings. The Balaban J connectivity index is 2.01. The molecule has 0 bridgehead atoms. The van der Waals surface area contributed by atoms with Crippen LogP contribution in [0.15, 0.2) is 6.07 Å². The molecular weight excluding hydrogens is 314 g/mol. The first kappa shape index (κ1) is 18.0. The predicted octanol–water partition coefficient (Wildman–Crippen LogP) is 4.37. The zero-order valence-corrected chi connectivity index (χ0v) is 15.4. The van der Waals surface area contributed by atoms with Gasteiger partial charge in [-0.3, -0.25) is 0 Å². The minimum absolute atomic E-state index is 0.237. The van der Waals surface area contributed by atoms with Crippen LogP contribution in [0.1, 0.15) is 70.8 Å². The van der Waals surface area contributed by atoms with Crippen molar-refractivity contribution in [1.29, 1.82) is 0 Å². The van der Waals surface area contributed by atoms with Crippen molar-refractivity contribution in [3.63, 3.8) is 0 Å². The van der Waals surface area contributed by atoms with Gasteiger partial charge in [0.1, 0.15) is 16.6 Å². The summed E-state index contributed by atoms with van der Waals surface area (Å²) in [5, 5.41) is 0.494. The van der Waals surface area contributed by atoms with Crippen molar-refractivity contribution in [3.8, 4) is 0 Å². The Hall–Kier alpha value is -1.36. The number of halogens is 1. The highest BCUT2D eigenvalue weighted by molar-refractivity contribution is 6.29. The summed E-state index contributed by atoms with van der Waals surface area (Å²) in [6, 6.07) is 1.85. The molecule has 1 saturated heterocycles. The van der Waals surface area contributed by atoms with E-state index in [-0.39, 0.29) is 12.0 Å². The smallest absolute Gasteiger partial charge is 0.410 e. The molecule has 0 unspecified atom stereocenters. The van der Waals surface area contributed by atoms with Crippen molar-refractivity contribution >= 4 is 17.7 Å². The highest BCUT2D eigenvalue weighted by Crippen LogP contribution is 2.29. The van der Waals surface area contributed by atoms with Gasteiger partial charge in [0.2, 0.25) is 0 Å². The van der Waals surface area contributed by atoms with Crippen molar-refractivity contribution in [1.82, 2.24) is 14.9 Å². The van der Waals surface area contributed by atoms with Gasteiger partial charge < -0.3 is 9.64 Å². The van der Waals surface area contributed by atoms with E-state index in [1.165, 1.54) is 0 Å². The van der Waals surface area contributed by atoms with Crippen LogP contribution in [0.3, 0.4) is 0 Å². The molecule has 6 heteroatoms. The summed E-state index contributed by atoms with van der Waals surface area (Å²) in [4.78, 5) is 22.8. The van der Waals surface area contributed by atoms with E-state index in [1.807, 2.05) is 26.8 Å². The van der Waals surface area contributed by atoms with Gasteiger partial charge in [-0.1, -0.05) is 25.4 Å². The van der Waals surface area contributed by atoms with E-state index >= 15 is 0 Å². The molecule has 0 N–H and O–H groups in total. The molecule has 5 nitrogen and oxygen atoms in total. The van der Waals surface area contributed by atoms with Gasteiger partial charge in [0, 0.05) is 30.6 Å². The Morgan fingerprint density at radius 2 is 1.91 bits per heavy atom. The van der Waals surface area contributed by atoms with Crippen LogP contribution in [0.5, 0.6) is 0 Å². The third-order valence-electron chi connectivity index (χ3n) is 3.81. The number of rotatable bonds is 2. The number of amides is 1. The quantitative estimate of drug-likeness (QED) is 0.751. The Morgan fingerprint density at radius 3 is 2.43 bits per heavy atom. The number of hydrogen-bond acceptors (Lipinski definition) is 4. The molecule has 0 saturated carbocycles. The second kappa shape index (κ2) is 7.04. The average molecular weight is 340 g/mol. The third-order valence-corrected chi connectivity index (χ3v) is 4.01. The number of aromatic nitrogens is 2. The maximum atomic E-state index is 12.1. The van der Waals surface area contributed by atoms with E-state index in [0.29, 0.717) is 24.2 Å². The highest BCUT2D eigenvalue weighted by atomic mass is 35.5. The van der Waals surface area contributed by atoms with Gasteiger partial charge in [-0.2, -0.15) is 0 Å². The molecular formula is C17H26ClN3O2. The summed E-state index contributed by atoms with van der Waals surface area (Å²) in [6.45, 7) is 11.1. The topological polar surface area (TPSA) is 55.3 Å². The first-order valence-corrected chi connectivity index (χ1v) is 8.56. The van der Waals surface area contributed by atoms with Crippen molar-refractivity contribution in [2.45, 2.75) is 64.9 Å². The molecule has 2 rings (SSSR count). The second-order valence-corrected chi connectivity index (χ2v) is 7.76. The van der Waals surface area contributed by atoms with Crippen molar-refractivity contribution in [2.75, 3.05) is 13.1 Å². The first-order valence-electron chi connectivity index (χ1n) is 8.18. The largest absolute Gasteiger partial charge is 0.444 e. The van der Waals surface area contributed by atoms with Crippen LogP contribution in [0, 0.1) is 0 Å². The normalized spacial score (nSPS) is 16.7.